The molecule has 0 aromatic carbocycles. The Labute approximate surface area is 107 Å². The molecule has 100 valence electrons. The maximum Gasteiger partial charge on any atom is 0.0778 e. The Morgan fingerprint density at radius 1 is 1.12 bits per heavy atom. The fourth-order valence-electron chi connectivity index (χ4n) is 2.82. The molecule has 0 aromatic rings. The van der Waals surface area contributed by atoms with Crippen LogP contribution in [-0.4, -0.2) is 11.2 Å². The Morgan fingerprint density at radius 3 is 2.53 bits per heavy atom. The maximum atomic E-state index is 10.2. The minimum absolute atomic E-state index is 0.117. The molecule has 0 spiro atoms. The summed E-state index contributed by atoms with van der Waals surface area (Å²) in [6, 6.07) is 0. The number of unbranched alkanes of at least 4 members (excludes halogenated alkanes) is 5. The van der Waals surface area contributed by atoms with E-state index in [1.165, 1.54) is 63.4 Å². The lowest BCUT2D eigenvalue weighted by molar-refractivity contribution is 0.154. The molecule has 1 heteroatoms. The van der Waals surface area contributed by atoms with E-state index >= 15 is 0 Å². The van der Waals surface area contributed by atoms with E-state index in [0.717, 1.165) is 6.42 Å². The first kappa shape index (κ1) is 14.8. The summed E-state index contributed by atoms with van der Waals surface area (Å²) in [4.78, 5) is 0. The first-order valence-electron chi connectivity index (χ1n) is 7.66. The van der Waals surface area contributed by atoms with Gasteiger partial charge in [-0.3, -0.25) is 0 Å². The number of rotatable bonds is 8. The summed E-state index contributed by atoms with van der Waals surface area (Å²) >= 11 is 0. The molecule has 0 bridgehead atoms. The smallest absolute Gasteiger partial charge is 0.0778 e. The molecular formula is C16H30O. The van der Waals surface area contributed by atoms with E-state index in [9.17, 15) is 5.11 Å². The van der Waals surface area contributed by atoms with Crippen LogP contribution < -0.4 is 0 Å². The monoisotopic (exact) mass is 238 g/mol. The van der Waals surface area contributed by atoms with Crippen molar-refractivity contribution in [1.29, 1.82) is 0 Å². The third-order valence-corrected chi connectivity index (χ3v) is 4.02. The van der Waals surface area contributed by atoms with Crippen LogP contribution in [0.1, 0.15) is 78.1 Å². The Morgan fingerprint density at radius 2 is 1.82 bits per heavy atom. The first-order valence-corrected chi connectivity index (χ1v) is 7.66. The van der Waals surface area contributed by atoms with Crippen LogP contribution >= 0.6 is 0 Å². The highest BCUT2D eigenvalue weighted by Crippen LogP contribution is 2.34. The third-order valence-electron chi connectivity index (χ3n) is 4.02. The van der Waals surface area contributed by atoms with Gasteiger partial charge >= 0.3 is 0 Å². The largest absolute Gasteiger partial charge is 0.388 e. The molecule has 1 fully saturated rings. The first-order chi connectivity index (χ1) is 8.29. The van der Waals surface area contributed by atoms with Crippen LogP contribution in [0, 0.1) is 5.92 Å². The second kappa shape index (κ2) is 8.74. The molecule has 0 aliphatic heterocycles. The lowest BCUT2D eigenvalue weighted by atomic mass is 9.97. The normalized spacial score (nSPS) is 26.9. The standard InChI is InChI=1S/C16H30O/c1-3-5-7-9-11-15-13-12-14(16(15)17)10-8-6-4-2/h11,14,16-17H,3-10,12-13H2,1-2H3. The van der Waals surface area contributed by atoms with Crippen LogP contribution in [0.4, 0.5) is 0 Å². The number of aliphatic hydroxyl groups excluding tert-OH is 1. The summed E-state index contributed by atoms with van der Waals surface area (Å²) in [7, 11) is 0. The molecule has 17 heavy (non-hydrogen) atoms. The van der Waals surface area contributed by atoms with E-state index < -0.39 is 0 Å². The molecule has 0 radical (unpaired) electrons. The van der Waals surface area contributed by atoms with E-state index in [0.29, 0.717) is 5.92 Å². The van der Waals surface area contributed by atoms with E-state index in [-0.39, 0.29) is 6.10 Å². The quantitative estimate of drug-likeness (QED) is 0.473. The number of hydrogen-bond donors (Lipinski definition) is 1. The summed E-state index contributed by atoms with van der Waals surface area (Å²) in [6.45, 7) is 4.48. The third kappa shape index (κ3) is 5.25. The fraction of sp³-hybridized carbons (Fsp3) is 0.875. The Hall–Kier alpha value is -0.300. The topological polar surface area (TPSA) is 20.2 Å². The van der Waals surface area contributed by atoms with Gasteiger partial charge in [0.15, 0.2) is 0 Å². The van der Waals surface area contributed by atoms with Crippen molar-refractivity contribution in [3.8, 4) is 0 Å². The molecular weight excluding hydrogens is 208 g/mol. The van der Waals surface area contributed by atoms with Gasteiger partial charge in [0.2, 0.25) is 0 Å². The van der Waals surface area contributed by atoms with Crippen molar-refractivity contribution >= 4 is 0 Å². The summed E-state index contributed by atoms with van der Waals surface area (Å²) in [5.41, 5.74) is 1.34. The van der Waals surface area contributed by atoms with Crippen LogP contribution in [0.15, 0.2) is 11.6 Å². The highest BCUT2D eigenvalue weighted by molar-refractivity contribution is 5.14. The van der Waals surface area contributed by atoms with Gasteiger partial charge in [-0.25, -0.2) is 0 Å². The highest BCUT2D eigenvalue weighted by Gasteiger charge is 2.28. The van der Waals surface area contributed by atoms with Crippen LogP contribution in [0.25, 0.3) is 0 Å². The molecule has 0 saturated heterocycles. The van der Waals surface area contributed by atoms with Gasteiger partial charge in [0, 0.05) is 0 Å². The van der Waals surface area contributed by atoms with Crippen molar-refractivity contribution in [2.75, 3.05) is 0 Å². The molecule has 2 atom stereocenters. The fourth-order valence-corrected chi connectivity index (χ4v) is 2.82. The molecule has 1 saturated carbocycles. The van der Waals surface area contributed by atoms with Gasteiger partial charge in [0.1, 0.15) is 0 Å². The zero-order valence-corrected chi connectivity index (χ0v) is 11.8. The number of hydrogen-bond acceptors (Lipinski definition) is 1. The van der Waals surface area contributed by atoms with Crippen LogP contribution in [0.3, 0.4) is 0 Å². The lowest BCUT2D eigenvalue weighted by Crippen LogP contribution is -2.14. The van der Waals surface area contributed by atoms with Gasteiger partial charge in [-0.05, 0) is 43.6 Å². The summed E-state index contributed by atoms with van der Waals surface area (Å²) in [5, 5.41) is 10.2. The maximum absolute atomic E-state index is 10.2. The van der Waals surface area contributed by atoms with Crippen molar-refractivity contribution in [3.63, 3.8) is 0 Å². The average molecular weight is 238 g/mol. The minimum Gasteiger partial charge on any atom is -0.388 e. The van der Waals surface area contributed by atoms with Crippen molar-refractivity contribution in [1.82, 2.24) is 0 Å². The predicted octanol–water partition coefficient (Wildman–Crippen LogP) is 4.84. The van der Waals surface area contributed by atoms with Gasteiger partial charge in [-0.2, -0.15) is 0 Å². The molecule has 0 aromatic heterocycles. The predicted molar refractivity (Wildman–Crippen MR) is 75.1 cm³/mol. The Balaban J connectivity index is 2.25. The number of aliphatic hydroxyl groups is 1. The van der Waals surface area contributed by atoms with Gasteiger partial charge < -0.3 is 5.11 Å². The van der Waals surface area contributed by atoms with Crippen molar-refractivity contribution in [3.05, 3.63) is 11.6 Å². The van der Waals surface area contributed by atoms with Gasteiger partial charge in [0.05, 0.1) is 6.10 Å². The Bertz CT molecular complexity index is 220. The van der Waals surface area contributed by atoms with E-state index in [2.05, 4.69) is 19.9 Å². The second-order valence-corrected chi connectivity index (χ2v) is 5.51. The van der Waals surface area contributed by atoms with Gasteiger partial charge in [-0.1, -0.05) is 52.0 Å². The zero-order valence-electron chi connectivity index (χ0n) is 11.8. The lowest BCUT2D eigenvalue weighted by Gasteiger charge is -2.14. The van der Waals surface area contributed by atoms with Crippen LogP contribution in [-0.2, 0) is 0 Å². The van der Waals surface area contributed by atoms with Gasteiger partial charge in [-0.15, -0.1) is 0 Å². The number of allylic oxidation sites excluding steroid dienone is 1. The molecule has 1 nitrogen and oxygen atoms in total. The second-order valence-electron chi connectivity index (χ2n) is 5.51. The molecule has 0 heterocycles. The Kier molecular flexibility index (Phi) is 7.59. The summed E-state index contributed by atoms with van der Waals surface area (Å²) in [5.74, 6) is 0.555. The van der Waals surface area contributed by atoms with E-state index in [1.807, 2.05) is 0 Å². The van der Waals surface area contributed by atoms with Gasteiger partial charge in [0.25, 0.3) is 0 Å². The SMILES string of the molecule is CCCCCC=C1CCC(CCCCC)C1O. The van der Waals surface area contributed by atoms with Crippen LogP contribution in [0.5, 0.6) is 0 Å². The average Bonchev–Trinajstić information content (AvgIpc) is 2.67. The van der Waals surface area contributed by atoms with Crippen molar-refractivity contribution in [2.24, 2.45) is 5.92 Å². The highest BCUT2D eigenvalue weighted by atomic mass is 16.3. The van der Waals surface area contributed by atoms with Crippen LogP contribution in [0.2, 0.25) is 0 Å². The molecule has 1 rings (SSSR count). The van der Waals surface area contributed by atoms with E-state index in [1.54, 1.807) is 0 Å². The summed E-state index contributed by atoms with van der Waals surface area (Å²) in [6.07, 6.45) is 14.7. The summed E-state index contributed by atoms with van der Waals surface area (Å²) < 4.78 is 0. The zero-order chi connectivity index (χ0) is 12.5. The molecule has 0 amide bonds. The molecule has 2 unspecified atom stereocenters. The minimum atomic E-state index is -0.117. The molecule has 1 aliphatic rings. The van der Waals surface area contributed by atoms with Crippen molar-refractivity contribution < 1.29 is 5.11 Å². The van der Waals surface area contributed by atoms with Crippen molar-refractivity contribution in [2.45, 2.75) is 84.2 Å². The van der Waals surface area contributed by atoms with E-state index in [4.69, 9.17) is 0 Å². The molecule has 1 N–H and O–H groups in total. The molecule has 1 aliphatic carbocycles.